The molecule has 0 atom stereocenters. The summed E-state index contributed by atoms with van der Waals surface area (Å²) in [5.41, 5.74) is 6.28. The number of aliphatic hydroxyl groups is 1. The van der Waals surface area contributed by atoms with Gasteiger partial charge in [-0.25, -0.2) is 4.79 Å². The van der Waals surface area contributed by atoms with Gasteiger partial charge in [0.25, 0.3) is 0 Å². The van der Waals surface area contributed by atoms with Crippen LogP contribution in [-0.2, 0) is 4.74 Å². The second kappa shape index (κ2) is 6.50. The van der Waals surface area contributed by atoms with Gasteiger partial charge in [-0.3, -0.25) is 0 Å². The van der Waals surface area contributed by atoms with Gasteiger partial charge < -0.3 is 15.6 Å². The van der Waals surface area contributed by atoms with Gasteiger partial charge in [0.05, 0.1) is 6.61 Å². The molecular formula is C11H17NO3S. The average Bonchev–Trinajstić information content (AvgIpc) is 2.59. The second-order valence-electron chi connectivity index (χ2n) is 3.54. The van der Waals surface area contributed by atoms with Crippen LogP contribution in [0.25, 0.3) is 0 Å². The van der Waals surface area contributed by atoms with Crippen LogP contribution in [-0.4, -0.2) is 24.3 Å². The maximum Gasteiger partial charge on any atom is 0.348 e. The minimum absolute atomic E-state index is 0.189. The van der Waals surface area contributed by atoms with E-state index in [2.05, 4.69) is 0 Å². The Kier molecular flexibility index (Phi) is 5.28. The normalized spacial score (nSPS) is 10.4. The lowest BCUT2D eigenvalue weighted by atomic mass is 10.2. The summed E-state index contributed by atoms with van der Waals surface area (Å²) in [6.45, 7) is 2.46. The molecule has 0 aliphatic rings. The summed E-state index contributed by atoms with van der Waals surface area (Å²) >= 11 is 1.35. The van der Waals surface area contributed by atoms with Crippen LogP contribution >= 0.6 is 11.3 Å². The number of aliphatic hydroxyl groups excluding tert-OH is 1. The molecule has 3 N–H and O–H groups in total. The smallest absolute Gasteiger partial charge is 0.348 e. The first-order valence-corrected chi connectivity index (χ1v) is 6.10. The molecule has 0 amide bonds. The van der Waals surface area contributed by atoms with E-state index in [4.69, 9.17) is 15.6 Å². The van der Waals surface area contributed by atoms with E-state index in [-0.39, 0.29) is 12.6 Å². The SMILES string of the molecule is Cc1sc(C(=O)OCCCCCO)cc1N. The Balaban J connectivity index is 2.30. The standard InChI is InChI=1S/C11H17NO3S/c1-8-9(12)7-10(16-8)11(14)15-6-4-2-3-5-13/h7,13H,2-6,12H2,1H3. The number of nitrogens with two attached hydrogens (primary N) is 1. The van der Waals surface area contributed by atoms with Crippen molar-refractivity contribution in [2.24, 2.45) is 0 Å². The summed E-state index contributed by atoms with van der Waals surface area (Å²) in [6.07, 6.45) is 2.41. The van der Waals surface area contributed by atoms with Crippen molar-refractivity contribution in [2.45, 2.75) is 26.2 Å². The minimum atomic E-state index is -0.311. The summed E-state index contributed by atoms with van der Waals surface area (Å²) in [6, 6.07) is 1.65. The lowest BCUT2D eigenvalue weighted by molar-refractivity contribution is 0.0502. The first kappa shape index (κ1) is 13.0. The maximum absolute atomic E-state index is 11.5. The van der Waals surface area contributed by atoms with Gasteiger partial charge in [0.1, 0.15) is 4.88 Å². The fourth-order valence-corrected chi connectivity index (χ4v) is 2.06. The monoisotopic (exact) mass is 243 g/mol. The van der Waals surface area contributed by atoms with Gasteiger partial charge in [0.2, 0.25) is 0 Å². The summed E-state index contributed by atoms with van der Waals surface area (Å²) < 4.78 is 5.08. The van der Waals surface area contributed by atoms with Crippen LogP contribution in [0.1, 0.15) is 33.8 Å². The van der Waals surface area contributed by atoms with Gasteiger partial charge in [0, 0.05) is 17.2 Å². The Morgan fingerprint density at radius 1 is 1.50 bits per heavy atom. The number of hydrogen-bond acceptors (Lipinski definition) is 5. The van der Waals surface area contributed by atoms with Crippen molar-refractivity contribution in [3.05, 3.63) is 15.8 Å². The molecule has 0 bridgehead atoms. The Bertz CT molecular complexity index is 329. The second-order valence-corrected chi connectivity index (χ2v) is 4.80. The number of unbranched alkanes of at least 4 members (excludes halogenated alkanes) is 2. The first-order chi connectivity index (χ1) is 7.65. The summed E-state index contributed by atoms with van der Waals surface area (Å²) in [5, 5.41) is 8.57. The zero-order valence-electron chi connectivity index (χ0n) is 9.36. The van der Waals surface area contributed by atoms with E-state index in [1.807, 2.05) is 6.92 Å². The molecule has 5 heteroatoms. The Morgan fingerprint density at radius 2 is 2.25 bits per heavy atom. The molecule has 0 unspecified atom stereocenters. The third-order valence-electron chi connectivity index (χ3n) is 2.19. The highest BCUT2D eigenvalue weighted by Crippen LogP contribution is 2.23. The van der Waals surface area contributed by atoms with Crippen LogP contribution < -0.4 is 5.73 Å². The molecule has 0 radical (unpaired) electrons. The van der Waals surface area contributed by atoms with Crippen molar-refractivity contribution in [1.29, 1.82) is 0 Å². The predicted molar refractivity (Wildman–Crippen MR) is 64.7 cm³/mol. The van der Waals surface area contributed by atoms with Crippen molar-refractivity contribution in [3.8, 4) is 0 Å². The maximum atomic E-state index is 11.5. The molecule has 1 rings (SSSR count). The Hall–Kier alpha value is -1.07. The molecule has 16 heavy (non-hydrogen) atoms. The molecule has 0 aromatic carbocycles. The fourth-order valence-electron chi connectivity index (χ4n) is 1.22. The van der Waals surface area contributed by atoms with Crippen molar-refractivity contribution in [2.75, 3.05) is 18.9 Å². The molecule has 4 nitrogen and oxygen atoms in total. The molecule has 0 aliphatic carbocycles. The van der Waals surface area contributed by atoms with Crippen LogP contribution in [0.3, 0.4) is 0 Å². The van der Waals surface area contributed by atoms with Gasteiger partial charge in [-0.1, -0.05) is 0 Å². The van der Waals surface area contributed by atoms with Crippen molar-refractivity contribution < 1.29 is 14.6 Å². The number of carbonyl (C=O) groups is 1. The quantitative estimate of drug-likeness (QED) is 0.591. The fraction of sp³-hybridized carbons (Fsp3) is 0.545. The number of ether oxygens (including phenoxy) is 1. The topological polar surface area (TPSA) is 72.5 Å². The van der Waals surface area contributed by atoms with E-state index in [9.17, 15) is 4.79 Å². The summed E-state index contributed by atoms with van der Waals surface area (Å²) in [5.74, 6) is -0.311. The Morgan fingerprint density at radius 3 is 2.81 bits per heavy atom. The van der Waals surface area contributed by atoms with Gasteiger partial charge in [0.15, 0.2) is 0 Å². The number of anilines is 1. The predicted octanol–water partition coefficient (Wildman–Crippen LogP) is 1.96. The number of aryl methyl sites for hydroxylation is 1. The van der Waals surface area contributed by atoms with E-state index in [1.54, 1.807) is 6.07 Å². The van der Waals surface area contributed by atoms with Crippen molar-refractivity contribution in [1.82, 2.24) is 0 Å². The molecule has 1 aromatic heterocycles. The zero-order chi connectivity index (χ0) is 12.0. The van der Waals surface area contributed by atoms with Gasteiger partial charge in [-0.05, 0) is 32.3 Å². The molecular weight excluding hydrogens is 226 g/mol. The van der Waals surface area contributed by atoms with E-state index < -0.39 is 0 Å². The number of thiophene rings is 1. The van der Waals surface area contributed by atoms with Crippen molar-refractivity contribution in [3.63, 3.8) is 0 Å². The van der Waals surface area contributed by atoms with Gasteiger partial charge in [-0.15, -0.1) is 11.3 Å². The van der Waals surface area contributed by atoms with E-state index in [0.717, 1.165) is 24.1 Å². The number of nitrogen functional groups attached to an aromatic ring is 1. The summed E-state index contributed by atoms with van der Waals surface area (Å²) in [4.78, 5) is 13.0. The highest BCUT2D eigenvalue weighted by atomic mass is 32.1. The summed E-state index contributed by atoms with van der Waals surface area (Å²) in [7, 11) is 0. The lowest BCUT2D eigenvalue weighted by Crippen LogP contribution is -2.04. The van der Waals surface area contributed by atoms with Crippen LogP contribution in [0.15, 0.2) is 6.07 Å². The van der Waals surface area contributed by atoms with E-state index >= 15 is 0 Å². The molecule has 0 saturated carbocycles. The molecule has 0 fully saturated rings. The number of hydrogen-bond donors (Lipinski definition) is 2. The van der Waals surface area contributed by atoms with Crippen LogP contribution in [0.5, 0.6) is 0 Å². The third kappa shape index (κ3) is 3.83. The third-order valence-corrected chi connectivity index (χ3v) is 3.24. The van der Waals surface area contributed by atoms with Crippen molar-refractivity contribution >= 4 is 23.0 Å². The highest BCUT2D eigenvalue weighted by Gasteiger charge is 2.11. The van der Waals surface area contributed by atoms with Gasteiger partial charge >= 0.3 is 5.97 Å². The van der Waals surface area contributed by atoms with Gasteiger partial charge in [-0.2, -0.15) is 0 Å². The minimum Gasteiger partial charge on any atom is -0.462 e. The molecule has 1 aromatic rings. The first-order valence-electron chi connectivity index (χ1n) is 5.29. The Labute approximate surface area is 99.0 Å². The van der Waals surface area contributed by atoms with E-state index in [1.165, 1.54) is 11.3 Å². The molecule has 90 valence electrons. The van der Waals surface area contributed by atoms with E-state index in [0.29, 0.717) is 17.2 Å². The van der Waals surface area contributed by atoms with Crippen LogP contribution in [0.4, 0.5) is 5.69 Å². The molecule has 0 spiro atoms. The number of rotatable bonds is 6. The number of carbonyl (C=O) groups excluding carboxylic acids is 1. The molecule has 0 saturated heterocycles. The van der Waals surface area contributed by atoms with Crippen LogP contribution in [0, 0.1) is 6.92 Å². The van der Waals surface area contributed by atoms with Crippen LogP contribution in [0.2, 0.25) is 0 Å². The lowest BCUT2D eigenvalue weighted by Gasteiger charge is -2.02. The highest BCUT2D eigenvalue weighted by molar-refractivity contribution is 7.14. The molecule has 1 heterocycles. The largest absolute Gasteiger partial charge is 0.462 e. The average molecular weight is 243 g/mol. The number of esters is 1. The molecule has 0 aliphatic heterocycles. The zero-order valence-corrected chi connectivity index (χ0v) is 10.2.